The second-order valence-corrected chi connectivity index (χ2v) is 4.59. The second kappa shape index (κ2) is 6.56. The molecule has 1 aromatic rings. The standard InChI is InChI=1S/C13H18F2N2O/c1-16(2)6-7-17(3)9-13(18)11-5-4-10(14)8-12(11)15/h4-5,8H,6-7,9H2,1-3H3. The van der Waals surface area contributed by atoms with E-state index in [1.807, 2.05) is 23.9 Å². The normalized spacial score (nSPS) is 11.3. The van der Waals surface area contributed by atoms with Crippen molar-refractivity contribution in [3.8, 4) is 0 Å². The van der Waals surface area contributed by atoms with Gasteiger partial charge in [-0.3, -0.25) is 9.69 Å². The van der Waals surface area contributed by atoms with Gasteiger partial charge in [0.05, 0.1) is 12.1 Å². The predicted molar refractivity (Wildman–Crippen MR) is 66.7 cm³/mol. The van der Waals surface area contributed by atoms with Gasteiger partial charge in [-0.25, -0.2) is 8.78 Å². The van der Waals surface area contributed by atoms with Crippen LogP contribution in [0.3, 0.4) is 0 Å². The SMILES string of the molecule is CN(C)CCN(C)CC(=O)c1ccc(F)cc1F. The molecule has 100 valence electrons. The number of likely N-dealkylation sites (N-methyl/N-ethyl adjacent to an activating group) is 2. The molecule has 0 aromatic heterocycles. The maximum atomic E-state index is 13.4. The number of hydrogen-bond donors (Lipinski definition) is 0. The van der Waals surface area contributed by atoms with Crippen LogP contribution in [0.1, 0.15) is 10.4 Å². The number of ketones is 1. The molecule has 0 aliphatic carbocycles. The molecule has 0 heterocycles. The maximum Gasteiger partial charge on any atom is 0.179 e. The van der Waals surface area contributed by atoms with Crippen LogP contribution in [0.2, 0.25) is 0 Å². The van der Waals surface area contributed by atoms with Crippen LogP contribution in [-0.2, 0) is 0 Å². The van der Waals surface area contributed by atoms with E-state index in [-0.39, 0.29) is 17.9 Å². The van der Waals surface area contributed by atoms with Crippen LogP contribution in [0, 0.1) is 11.6 Å². The van der Waals surface area contributed by atoms with Crippen LogP contribution >= 0.6 is 0 Å². The molecule has 0 atom stereocenters. The van der Waals surface area contributed by atoms with Crippen LogP contribution in [-0.4, -0.2) is 56.4 Å². The predicted octanol–water partition coefficient (Wildman–Crippen LogP) is 1.64. The quantitative estimate of drug-likeness (QED) is 0.723. The van der Waals surface area contributed by atoms with Gasteiger partial charge in [0.25, 0.3) is 0 Å². The Bertz CT molecular complexity index is 421. The molecule has 0 radical (unpaired) electrons. The van der Waals surface area contributed by atoms with Crippen LogP contribution < -0.4 is 0 Å². The van der Waals surface area contributed by atoms with Crippen molar-refractivity contribution < 1.29 is 13.6 Å². The van der Waals surface area contributed by atoms with Crippen LogP contribution in [0.4, 0.5) is 8.78 Å². The van der Waals surface area contributed by atoms with E-state index in [4.69, 9.17) is 0 Å². The summed E-state index contributed by atoms with van der Waals surface area (Å²) in [6, 6.07) is 3.01. The van der Waals surface area contributed by atoms with E-state index in [1.54, 1.807) is 7.05 Å². The third-order valence-electron chi connectivity index (χ3n) is 2.57. The summed E-state index contributed by atoms with van der Waals surface area (Å²) in [7, 11) is 5.67. The first-order valence-electron chi connectivity index (χ1n) is 5.71. The van der Waals surface area contributed by atoms with Crippen molar-refractivity contribution in [1.82, 2.24) is 9.80 Å². The minimum atomic E-state index is -0.805. The summed E-state index contributed by atoms with van der Waals surface area (Å²) >= 11 is 0. The minimum absolute atomic E-state index is 0.0619. The number of Topliss-reactive ketones (excluding diaryl/α,β-unsaturated/α-hetero) is 1. The molecule has 0 aliphatic rings. The van der Waals surface area contributed by atoms with E-state index in [0.717, 1.165) is 18.7 Å². The van der Waals surface area contributed by atoms with Crippen molar-refractivity contribution in [3.63, 3.8) is 0 Å². The zero-order chi connectivity index (χ0) is 13.7. The molecule has 0 bridgehead atoms. The fourth-order valence-corrected chi connectivity index (χ4v) is 1.50. The van der Waals surface area contributed by atoms with Gasteiger partial charge >= 0.3 is 0 Å². The molecule has 1 aromatic carbocycles. The largest absolute Gasteiger partial charge is 0.308 e. The maximum absolute atomic E-state index is 13.4. The topological polar surface area (TPSA) is 23.6 Å². The van der Waals surface area contributed by atoms with Crippen molar-refractivity contribution in [2.75, 3.05) is 40.8 Å². The molecule has 1 rings (SSSR count). The van der Waals surface area contributed by atoms with Crippen molar-refractivity contribution in [2.45, 2.75) is 0 Å². The zero-order valence-corrected chi connectivity index (χ0v) is 10.9. The molecule has 0 spiro atoms. The number of halogens is 2. The highest BCUT2D eigenvalue weighted by molar-refractivity contribution is 5.97. The Morgan fingerprint density at radius 3 is 2.39 bits per heavy atom. The number of benzene rings is 1. The van der Waals surface area contributed by atoms with Gasteiger partial charge in [0.15, 0.2) is 5.78 Å². The Balaban J connectivity index is 2.59. The monoisotopic (exact) mass is 256 g/mol. The van der Waals surface area contributed by atoms with Gasteiger partial charge in [-0.15, -0.1) is 0 Å². The summed E-state index contributed by atoms with van der Waals surface area (Å²) in [4.78, 5) is 15.6. The molecule has 18 heavy (non-hydrogen) atoms. The lowest BCUT2D eigenvalue weighted by atomic mass is 10.1. The number of carbonyl (C=O) groups excluding carboxylic acids is 1. The van der Waals surface area contributed by atoms with E-state index in [0.29, 0.717) is 6.54 Å². The van der Waals surface area contributed by atoms with Crippen molar-refractivity contribution >= 4 is 5.78 Å². The number of nitrogens with zero attached hydrogens (tertiary/aromatic N) is 2. The summed E-state index contributed by atoms with van der Waals surface area (Å²) in [5, 5.41) is 0. The second-order valence-electron chi connectivity index (χ2n) is 4.59. The highest BCUT2D eigenvalue weighted by atomic mass is 19.1. The summed E-state index contributed by atoms with van der Waals surface area (Å²) in [5.74, 6) is -1.82. The Hall–Kier alpha value is -1.33. The first-order chi connectivity index (χ1) is 8.40. The molecule has 0 amide bonds. The van der Waals surface area contributed by atoms with Crippen molar-refractivity contribution in [1.29, 1.82) is 0 Å². The van der Waals surface area contributed by atoms with Crippen molar-refractivity contribution in [2.24, 2.45) is 0 Å². The van der Waals surface area contributed by atoms with E-state index in [1.165, 1.54) is 6.07 Å². The smallest absolute Gasteiger partial charge is 0.179 e. The fraction of sp³-hybridized carbons (Fsp3) is 0.462. The van der Waals surface area contributed by atoms with Gasteiger partial charge in [-0.1, -0.05) is 0 Å². The van der Waals surface area contributed by atoms with Crippen molar-refractivity contribution in [3.05, 3.63) is 35.4 Å². The summed E-state index contributed by atoms with van der Waals surface area (Å²) in [6.07, 6.45) is 0. The Morgan fingerprint density at radius 2 is 1.83 bits per heavy atom. The molecule has 0 saturated carbocycles. The average Bonchev–Trinajstić information content (AvgIpc) is 2.26. The number of hydrogen-bond acceptors (Lipinski definition) is 3. The van der Waals surface area contributed by atoms with E-state index < -0.39 is 11.6 Å². The summed E-state index contributed by atoms with van der Waals surface area (Å²) in [6.45, 7) is 1.65. The molecule has 5 heteroatoms. The lowest BCUT2D eigenvalue weighted by molar-refractivity contribution is 0.0938. The van der Waals surface area contributed by atoms with Gasteiger partial charge in [-0.2, -0.15) is 0 Å². The number of carbonyl (C=O) groups is 1. The van der Waals surface area contributed by atoms with Crippen LogP contribution in [0.5, 0.6) is 0 Å². The van der Waals surface area contributed by atoms with Gasteiger partial charge in [0.1, 0.15) is 11.6 Å². The fourth-order valence-electron chi connectivity index (χ4n) is 1.50. The van der Waals surface area contributed by atoms with Gasteiger partial charge < -0.3 is 4.90 Å². The zero-order valence-electron chi connectivity index (χ0n) is 10.9. The highest BCUT2D eigenvalue weighted by Crippen LogP contribution is 2.10. The lowest BCUT2D eigenvalue weighted by Crippen LogP contribution is -2.32. The molecular formula is C13H18F2N2O. The Morgan fingerprint density at radius 1 is 1.17 bits per heavy atom. The van der Waals surface area contributed by atoms with Gasteiger partial charge in [0, 0.05) is 19.2 Å². The Kier molecular flexibility index (Phi) is 5.37. The molecule has 0 unspecified atom stereocenters. The molecule has 0 aliphatic heterocycles. The average molecular weight is 256 g/mol. The van der Waals surface area contributed by atoms with Crippen LogP contribution in [0.25, 0.3) is 0 Å². The molecule has 0 fully saturated rings. The Labute approximate surface area is 106 Å². The first kappa shape index (κ1) is 14.7. The van der Waals surface area contributed by atoms with E-state index in [2.05, 4.69) is 0 Å². The molecule has 3 nitrogen and oxygen atoms in total. The minimum Gasteiger partial charge on any atom is -0.308 e. The highest BCUT2D eigenvalue weighted by Gasteiger charge is 2.14. The third-order valence-corrected chi connectivity index (χ3v) is 2.57. The molecule has 0 saturated heterocycles. The van der Waals surface area contributed by atoms with Gasteiger partial charge in [0.2, 0.25) is 0 Å². The van der Waals surface area contributed by atoms with E-state index in [9.17, 15) is 13.6 Å². The molecule has 0 N–H and O–H groups in total. The number of rotatable bonds is 6. The lowest BCUT2D eigenvalue weighted by Gasteiger charge is -2.18. The summed E-state index contributed by atoms with van der Waals surface area (Å²) in [5.41, 5.74) is -0.0619. The molecular weight excluding hydrogens is 238 g/mol. The first-order valence-corrected chi connectivity index (χ1v) is 5.71. The third kappa shape index (κ3) is 4.50. The summed E-state index contributed by atoms with van der Waals surface area (Å²) < 4.78 is 26.1. The van der Waals surface area contributed by atoms with Gasteiger partial charge in [-0.05, 0) is 33.3 Å². The van der Waals surface area contributed by atoms with Crippen LogP contribution in [0.15, 0.2) is 18.2 Å². The van der Waals surface area contributed by atoms with E-state index >= 15 is 0 Å².